The Bertz CT molecular complexity index is 1050. The molecule has 0 aliphatic carbocycles. The minimum atomic E-state index is -0.0942. The molecule has 0 radical (unpaired) electrons. The molecule has 0 saturated carbocycles. The van der Waals surface area contributed by atoms with Gasteiger partial charge in [0.1, 0.15) is 11.9 Å². The van der Waals surface area contributed by atoms with E-state index in [-0.39, 0.29) is 5.56 Å². The van der Waals surface area contributed by atoms with Crippen LogP contribution in [0.2, 0.25) is 0 Å². The zero-order chi connectivity index (χ0) is 20.1. The van der Waals surface area contributed by atoms with Crippen LogP contribution in [0.3, 0.4) is 0 Å². The molecule has 4 heterocycles. The van der Waals surface area contributed by atoms with E-state index in [2.05, 4.69) is 30.9 Å². The van der Waals surface area contributed by atoms with Gasteiger partial charge in [-0.2, -0.15) is 10.4 Å². The Morgan fingerprint density at radius 2 is 1.76 bits per heavy atom. The Kier molecular flexibility index (Phi) is 5.59. The fourth-order valence-electron chi connectivity index (χ4n) is 3.36. The number of pyridine rings is 2. The van der Waals surface area contributed by atoms with Crippen molar-refractivity contribution in [1.29, 1.82) is 5.26 Å². The summed E-state index contributed by atoms with van der Waals surface area (Å²) in [6.45, 7) is 4.81. The van der Waals surface area contributed by atoms with Crippen LogP contribution in [-0.2, 0) is 6.54 Å². The molecule has 0 unspecified atom stereocenters. The third-order valence-electron chi connectivity index (χ3n) is 5.04. The molecule has 1 aliphatic rings. The average molecular weight is 387 g/mol. The van der Waals surface area contributed by atoms with E-state index in [1.165, 1.54) is 4.68 Å². The summed E-state index contributed by atoms with van der Waals surface area (Å²) in [5.74, 6) is 0.895. The van der Waals surface area contributed by atoms with Crippen molar-refractivity contribution < 1.29 is 0 Å². The third-order valence-corrected chi connectivity index (χ3v) is 5.04. The zero-order valence-corrected chi connectivity index (χ0v) is 16.0. The summed E-state index contributed by atoms with van der Waals surface area (Å²) >= 11 is 0. The van der Waals surface area contributed by atoms with Crippen LogP contribution in [0.4, 0.5) is 5.82 Å². The molecule has 4 rings (SSSR count). The first-order valence-corrected chi connectivity index (χ1v) is 9.55. The van der Waals surface area contributed by atoms with Gasteiger partial charge in [-0.3, -0.25) is 14.7 Å². The van der Waals surface area contributed by atoms with Crippen LogP contribution in [0.25, 0.3) is 11.3 Å². The van der Waals surface area contributed by atoms with Crippen LogP contribution in [-0.4, -0.2) is 57.4 Å². The fourth-order valence-corrected chi connectivity index (χ4v) is 3.36. The lowest BCUT2D eigenvalue weighted by molar-refractivity contribution is 0.242. The molecule has 0 spiro atoms. The second-order valence-corrected chi connectivity index (χ2v) is 6.86. The van der Waals surface area contributed by atoms with Gasteiger partial charge in [0.2, 0.25) is 0 Å². The molecule has 0 amide bonds. The Morgan fingerprint density at radius 1 is 0.966 bits per heavy atom. The van der Waals surface area contributed by atoms with Gasteiger partial charge in [-0.25, -0.2) is 9.67 Å². The highest BCUT2D eigenvalue weighted by molar-refractivity contribution is 5.57. The Balaban J connectivity index is 1.34. The molecule has 3 aromatic rings. The van der Waals surface area contributed by atoms with Gasteiger partial charge in [0.15, 0.2) is 0 Å². The lowest BCUT2D eigenvalue weighted by Crippen LogP contribution is -2.48. The van der Waals surface area contributed by atoms with Gasteiger partial charge in [0, 0.05) is 62.9 Å². The van der Waals surface area contributed by atoms with Crippen LogP contribution >= 0.6 is 0 Å². The largest absolute Gasteiger partial charge is 0.354 e. The molecule has 0 N–H and O–H groups in total. The Labute approximate surface area is 168 Å². The van der Waals surface area contributed by atoms with Gasteiger partial charge in [-0.1, -0.05) is 0 Å². The number of rotatable bonds is 5. The molecule has 1 fully saturated rings. The first-order chi connectivity index (χ1) is 14.2. The molecule has 0 aromatic carbocycles. The molecular weight excluding hydrogens is 366 g/mol. The average Bonchev–Trinajstić information content (AvgIpc) is 2.79. The van der Waals surface area contributed by atoms with E-state index in [1.54, 1.807) is 36.8 Å². The maximum absolute atomic E-state index is 12.2. The standard InChI is InChI=1S/C21H21N7O/c22-15-17-1-3-20(24-16-17)27-12-9-26(10-13-27)11-14-28-21(29)4-2-19(25-28)18-5-7-23-8-6-18/h1-8,16H,9-14H2. The summed E-state index contributed by atoms with van der Waals surface area (Å²) in [7, 11) is 0. The monoisotopic (exact) mass is 387 g/mol. The highest BCUT2D eigenvalue weighted by atomic mass is 16.1. The van der Waals surface area contributed by atoms with Gasteiger partial charge < -0.3 is 4.90 Å². The van der Waals surface area contributed by atoms with Crippen LogP contribution < -0.4 is 10.5 Å². The molecule has 3 aromatic heterocycles. The Morgan fingerprint density at radius 3 is 2.45 bits per heavy atom. The summed E-state index contributed by atoms with van der Waals surface area (Å²) in [5.41, 5.74) is 2.18. The highest BCUT2D eigenvalue weighted by Crippen LogP contribution is 2.15. The minimum Gasteiger partial charge on any atom is -0.354 e. The summed E-state index contributed by atoms with van der Waals surface area (Å²) in [6.07, 6.45) is 5.04. The number of nitriles is 1. The zero-order valence-electron chi connectivity index (χ0n) is 16.0. The predicted molar refractivity (Wildman–Crippen MR) is 109 cm³/mol. The van der Waals surface area contributed by atoms with E-state index in [0.717, 1.165) is 49.8 Å². The van der Waals surface area contributed by atoms with Gasteiger partial charge in [0.25, 0.3) is 5.56 Å². The predicted octanol–water partition coefficient (Wildman–Crippen LogP) is 1.39. The summed E-state index contributed by atoms with van der Waals surface area (Å²) in [5, 5.41) is 13.4. The van der Waals surface area contributed by atoms with Crippen molar-refractivity contribution in [3.05, 3.63) is 70.9 Å². The van der Waals surface area contributed by atoms with Crippen LogP contribution in [0.5, 0.6) is 0 Å². The van der Waals surface area contributed by atoms with Crippen molar-refractivity contribution in [1.82, 2.24) is 24.6 Å². The normalized spacial score (nSPS) is 14.5. The van der Waals surface area contributed by atoms with Crippen molar-refractivity contribution in [3.63, 3.8) is 0 Å². The lowest BCUT2D eigenvalue weighted by atomic mass is 10.2. The molecule has 0 atom stereocenters. The van der Waals surface area contributed by atoms with E-state index in [1.807, 2.05) is 18.2 Å². The number of aromatic nitrogens is 4. The third kappa shape index (κ3) is 4.47. The molecule has 0 bridgehead atoms. The van der Waals surface area contributed by atoms with Gasteiger partial charge in [-0.15, -0.1) is 0 Å². The van der Waals surface area contributed by atoms with Crippen molar-refractivity contribution in [2.45, 2.75) is 6.54 Å². The second-order valence-electron chi connectivity index (χ2n) is 6.86. The quantitative estimate of drug-likeness (QED) is 0.653. The topological polar surface area (TPSA) is 90.9 Å². The lowest BCUT2D eigenvalue weighted by Gasteiger charge is -2.35. The minimum absolute atomic E-state index is 0.0942. The molecule has 1 aliphatic heterocycles. The maximum Gasteiger partial charge on any atom is 0.266 e. The molecule has 146 valence electrons. The van der Waals surface area contributed by atoms with Crippen molar-refractivity contribution in [2.24, 2.45) is 0 Å². The van der Waals surface area contributed by atoms with E-state index >= 15 is 0 Å². The highest BCUT2D eigenvalue weighted by Gasteiger charge is 2.18. The molecule has 29 heavy (non-hydrogen) atoms. The fraction of sp³-hybridized carbons (Fsp3) is 0.286. The number of hydrogen-bond acceptors (Lipinski definition) is 7. The first-order valence-electron chi connectivity index (χ1n) is 9.55. The van der Waals surface area contributed by atoms with E-state index in [0.29, 0.717) is 12.1 Å². The smallest absolute Gasteiger partial charge is 0.266 e. The van der Waals surface area contributed by atoms with Gasteiger partial charge in [-0.05, 0) is 30.3 Å². The van der Waals surface area contributed by atoms with E-state index in [9.17, 15) is 4.79 Å². The second kappa shape index (κ2) is 8.63. The van der Waals surface area contributed by atoms with Crippen molar-refractivity contribution in [3.8, 4) is 17.3 Å². The molecule has 8 heteroatoms. The van der Waals surface area contributed by atoms with Crippen molar-refractivity contribution in [2.75, 3.05) is 37.6 Å². The van der Waals surface area contributed by atoms with Crippen LogP contribution in [0.15, 0.2) is 59.8 Å². The Hall–Kier alpha value is -3.57. The SMILES string of the molecule is N#Cc1ccc(N2CCN(CCn3nc(-c4ccncc4)ccc3=O)CC2)nc1. The van der Waals surface area contributed by atoms with E-state index in [4.69, 9.17) is 5.26 Å². The summed E-state index contributed by atoms with van der Waals surface area (Å²) in [6, 6.07) is 12.9. The first kappa shape index (κ1) is 18.8. The van der Waals surface area contributed by atoms with Crippen LogP contribution in [0.1, 0.15) is 5.56 Å². The van der Waals surface area contributed by atoms with Crippen molar-refractivity contribution >= 4 is 5.82 Å². The molecular formula is C21H21N7O. The number of piperazine rings is 1. The maximum atomic E-state index is 12.2. The van der Waals surface area contributed by atoms with Gasteiger partial charge >= 0.3 is 0 Å². The summed E-state index contributed by atoms with van der Waals surface area (Å²) in [4.78, 5) is 25.1. The molecule has 1 saturated heterocycles. The number of nitrogens with zero attached hydrogens (tertiary/aromatic N) is 7. The number of anilines is 1. The van der Waals surface area contributed by atoms with E-state index < -0.39 is 0 Å². The molecule has 8 nitrogen and oxygen atoms in total. The number of hydrogen-bond donors (Lipinski definition) is 0. The van der Waals surface area contributed by atoms with Gasteiger partial charge in [0.05, 0.1) is 17.8 Å². The van der Waals surface area contributed by atoms with Crippen LogP contribution in [0, 0.1) is 11.3 Å². The summed E-state index contributed by atoms with van der Waals surface area (Å²) < 4.78 is 1.53.